The molecule has 0 saturated carbocycles. The van der Waals surface area contributed by atoms with E-state index in [4.69, 9.17) is 5.11 Å². The van der Waals surface area contributed by atoms with Crippen molar-refractivity contribution in [3.63, 3.8) is 0 Å². The Morgan fingerprint density at radius 1 is 1.04 bits per heavy atom. The van der Waals surface area contributed by atoms with Gasteiger partial charge in [0.25, 0.3) is 5.91 Å². The third-order valence-corrected chi connectivity index (χ3v) is 3.44. The number of para-hydroxylation sites is 1. The molecule has 2 aromatic carbocycles. The lowest BCUT2D eigenvalue weighted by Crippen LogP contribution is -2.32. The highest BCUT2D eigenvalue weighted by atomic mass is 16.4. The molecule has 0 aliphatic heterocycles. The normalized spacial score (nSPS) is 11.9. The minimum absolute atomic E-state index is 0.111. The Labute approximate surface area is 144 Å². The number of ketones is 1. The van der Waals surface area contributed by atoms with Crippen molar-refractivity contribution in [1.82, 2.24) is 0 Å². The fourth-order valence-electron chi connectivity index (χ4n) is 2.03. The first-order chi connectivity index (χ1) is 11.9. The highest BCUT2D eigenvalue weighted by molar-refractivity contribution is 6.10. The van der Waals surface area contributed by atoms with Crippen molar-refractivity contribution in [3.05, 3.63) is 59.7 Å². The summed E-state index contributed by atoms with van der Waals surface area (Å²) in [4.78, 5) is 34.8. The number of amides is 1. The maximum Gasteiger partial charge on any atom is 0.335 e. The molecule has 0 bridgehead atoms. The molecule has 1 unspecified atom stereocenters. The van der Waals surface area contributed by atoms with Crippen LogP contribution in [0.1, 0.15) is 22.8 Å². The lowest BCUT2D eigenvalue weighted by atomic mass is 10.1. The van der Waals surface area contributed by atoms with Crippen molar-refractivity contribution in [1.29, 1.82) is 0 Å². The minimum atomic E-state index is -1.28. The number of carbonyl (C=O) groups excluding carboxylic acids is 2. The Bertz CT molecular complexity index is 828. The number of carboxylic acid groups (broad SMARTS) is 1. The summed E-state index contributed by atoms with van der Waals surface area (Å²) in [5, 5.41) is 19.2. The lowest BCUT2D eigenvalue weighted by molar-refractivity contribution is -0.126. The van der Waals surface area contributed by atoms with E-state index in [1.54, 1.807) is 12.1 Å². The van der Waals surface area contributed by atoms with Gasteiger partial charge in [0.05, 0.1) is 11.3 Å². The molecule has 0 heterocycles. The Morgan fingerprint density at radius 3 is 2.24 bits per heavy atom. The van der Waals surface area contributed by atoms with Crippen LogP contribution in [-0.4, -0.2) is 28.8 Å². The monoisotopic (exact) mass is 339 g/mol. The summed E-state index contributed by atoms with van der Waals surface area (Å²) >= 11 is 0. The minimum Gasteiger partial charge on any atom is -0.478 e. The molecule has 0 aromatic heterocycles. The average Bonchev–Trinajstić information content (AvgIpc) is 2.57. The van der Waals surface area contributed by atoms with E-state index in [0.29, 0.717) is 11.4 Å². The molecule has 7 heteroatoms. The van der Waals surface area contributed by atoms with Crippen molar-refractivity contribution in [2.24, 2.45) is 10.2 Å². The van der Waals surface area contributed by atoms with Gasteiger partial charge < -0.3 is 10.4 Å². The zero-order valence-corrected chi connectivity index (χ0v) is 13.8. The first-order valence-corrected chi connectivity index (χ1v) is 7.49. The molecule has 0 aliphatic rings. The molecular formula is C18H17N3O4. The second kappa shape index (κ2) is 7.96. The molecule has 0 saturated heterocycles. The molecular weight excluding hydrogens is 322 g/mol. The van der Waals surface area contributed by atoms with Gasteiger partial charge in [-0.3, -0.25) is 9.59 Å². The summed E-state index contributed by atoms with van der Waals surface area (Å²) in [6.07, 6.45) is 0. The van der Waals surface area contributed by atoms with Crippen LogP contribution in [-0.2, 0) is 9.59 Å². The van der Waals surface area contributed by atoms with E-state index in [-0.39, 0.29) is 5.56 Å². The van der Waals surface area contributed by atoms with Crippen LogP contribution in [0.3, 0.4) is 0 Å². The topological polar surface area (TPSA) is 108 Å². The van der Waals surface area contributed by atoms with E-state index in [2.05, 4.69) is 15.5 Å². The molecule has 0 aliphatic carbocycles. The van der Waals surface area contributed by atoms with Gasteiger partial charge >= 0.3 is 5.97 Å². The second-order valence-corrected chi connectivity index (χ2v) is 5.38. The predicted molar refractivity (Wildman–Crippen MR) is 92.2 cm³/mol. The summed E-state index contributed by atoms with van der Waals surface area (Å²) in [5.74, 6) is -2.08. The molecule has 7 nitrogen and oxygen atoms in total. The summed E-state index contributed by atoms with van der Waals surface area (Å²) in [6.45, 7) is 3.10. The van der Waals surface area contributed by atoms with Crippen molar-refractivity contribution >= 4 is 29.0 Å². The average molecular weight is 339 g/mol. The number of benzene rings is 2. The standard InChI is InChI=1S/C18H17N3O4/c1-11-5-3-4-6-15(11)19-17(23)16(12(2)22)21-20-14-9-7-13(8-10-14)18(24)25/h3-10,16H,1-2H3,(H,19,23)(H,24,25)/b21-20+. The van der Waals surface area contributed by atoms with E-state index < -0.39 is 23.7 Å². The van der Waals surface area contributed by atoms with Crippen LogP contribution in [0, 0.1) is 6.92 Å². The largest absolute Gasteiger partial charge is 0.478 e. The number of carboxylic acids is 1. The molecule has 2 aromatic rings. The van der Waals surface area contributed by atoms with Crippen LogP contribution in [0.4, 0.5) is 11.4 Å². The van der Waals surface area contributed by atoms with Gasteiger partial charge in [0.2, 0.25) is 6.04 Å². The Kier molecular flexibility index (Phi) is 5.73. The molecule has 1 atom stereocenters. The number of rotatable bonds is 6. The van der Waals surface area contributed by atoms with Crippen LogP contribution in [0.5, 0.6) is 0 Å². The number of anilines is 1. The summed E-state index contributed by atoms with van der Waals surface area (Å²) in [6, 6.07) is 11.5. The number of aromatic carboxylic acids is 1. The van der Waals surface area contributed by atoms with Crippen LogP contribution in [0.25, 0.3) is 0 Å². The summed E-state index contributed by atoms with van der Waals surface area (Å²) < 4.78 is 0. The molecule has 0 spiro atoms. The number of aryl methyl sites for hydroxylation is 1. The number of carbonyl (C=O) groups is 3. The maximum atomic E-state index is 12.3. The van der Waals surface area contributed by atoms with E-state index in [0.717, 1.165) is 5.56 Å². The van der Waals surface area contributed by atoms with Gasteiger partial charge in [-0.1, -0.05) is 18.2 Å². The molecule has 0 fully saturated rings. The van der Waals surface area contributed by atoms with Crippen molar-refractivity contribution in [2.45, 2.75) is 19.9 Å². The number of hydrogen-bond acceptors (Lipinski definition) is 5. The highest BCUT2D eigenvalue weighted by Gasteiger charge is 2.23. The van der Waals surface area contributed by atoms with E-state index in [1.807, 2.05) is 19.1 Å². The van der Waals surface area contributed by atoms with Gasteiger partial charge in [-0.15, -0.1) is 0 Å². The van der Waals surface area contributed by atoms with Crippen LogP contribution >= 0.6 is 0 Å². The molecule has 0 radical (unpaired) electrons. The van der Waals surface area contributed by atoms with Gasteiger partial charge in [0, 0.05) is 5.69 Å². The van der Waals surface area contributed by atoms with Gasteiger partial charge in [0.1, 0.15) is 0 Å². The van der Waals surface area contributed by atoms with E-state index in [9.17, 15) is 14.4 Å². The number of azo groups is 1. The SMILES string of the molecule is CC(=O)C(/N=N/c1ccc(C(=O)O)cc1)C(=O)Nc1ccccc1C. The van der Waals surface area contributed by atoms with Crippen molar-refractivity contribution in [3.8, 4) is 0 Å². The predicted octanol–water partition coefficient (Wildman–Crippen LogP) is 3.37. The third-order valence-electron chi connectivity index (χ3n) is 3.44. The number of Topliss-reactive ketones (excluding diaryl/α,β-unsaturated/α-hetero) is 1. The zero-order valence-electron chi connectivity index (χ0n) is 13.8. The quantitative estimate of drug-likeness (QED) is 0.621. The lowest BCUT2D eigenvalue weighted by Gasteiger charge is -2.11. The number of nitrogens with zero attached hydrogens (tertiary/aromatic N) is 2. The van der Waals surface area contributed by atoms with Gasteiger partial charge in [0.15, 0.2) is 5.78 Å². The van der Waals surface area contributed by atoms with Crippen LogP contribution < -0.4 is 5.32 Å². The van der Waals surface area contributed by atoms with Gasteiger partial charge in [-0.05, 0) is 49.7 Å². The van der Waals surface area contributed by atoms with E-state index >= 15 is 0 Å². The van der Waals surface area contributed by atoms with Gasteiger partial charge in [-0.25, -0.2) is 4.79 Å². The first kappa shape index (κ1) is 18.0. The second-order valence-electron chi connectivity index (χ2n) is 5.38. The Morgan fingerprint density at radius 2 is 1.68 bits per heavy atom. The fraction of sp³-hybridized carbons (Fsp3) is 0.167. The maximum absolute atomic E-state index is 12.3. The molecule has 2 N–H and O–H groups in total. The van der Waals surface area contributed by atoms with Crippen molar-refractivity contribution in [2.75, 3.05) is 5.32 Å². The van der Waals surface area contributed by atoms with Gasteiger partial charge in [-0.2, -0.15) is 10.2 Å². The molecule has 25 heavy (non-hydrogen) atoms. The number of hydrogen-bond donors (Lipinski definition) is 2. The van der Waals surface area contributed by atoms with Crippen LogP contribution in [0.2, 0.25) is 0 Å². The zero-order chi connectivity index (χ0) is 18.4. The smallest absolute Gasteiger partial charge is 0.335 e. The van der Waals surface area contributed by atoms with Crippen LogP contribution in [0.15, 0.2) is 58.8 Å². The summed E-state index contributed by atoms with van der Waals surface area (Å²) in [7, 11) is 0. The fourth-order valence-corrected chi connectivity index (χ4v) is 2.03. The Balaban J connectivity index is 2.14. The summed E-state index contributed by atoms with van der Waals surface area (Å²) in [5.41, 5.74) is 1.92. The molecule has 1 amide bonds. The molecule has 128 valence electrons. The van der Waals surface area contributed by atoms with Crippen molar-refractivity contribution < 1.29 is 19.5 Å². The highest BCUT2D eigenvalue weighted by Crippen LogP contribution is 2.17. The third kappa shape index (κ3) is 4.81. The first-order valence-electron chi connectivity index (χ1n) is 7.49. The Hall–Kier alpha value is -3.35. The number of nitrogens with one attached hydrogen (secondary N) is 1. The molecule has 2 rings (SSSR count). The van der Waals surface area contributed by atoms with E-state index in [1.165, 1.54) is 31.2 Å².